The van der Waals surface area contributed by atoms with E-state index in [9.17, 15) is 9.59 Å². The second-order valence-electron chi connectivity index (χ2n) is 8.90. The molecule has 0 aliphatic carbocycles. The fourth-order valence-electron chi connectivity index (χ4n) is 4.40. The number of rotatable bonds is 7. The van der Waals surface area contributed by atoms with Gasteiger partial charge in [0, 0.05) is 38.4 Å². The third-order valence-electron chi connectivity index (χ3n) is 6.02. The molecule has 2 unspecified atom stereocenters. The van der Waals surface area contributed by atoms with Gasteiger partial charge in [0.05, 0.1) is 24.4 Å². The second-order valence-corrected chi connectivity index (χ2v) is 8.90. The molecular weight excluding hydrogens is 394 g/mol. The second kappa shape index (κ2) is 11.5. The molecule has 0 radical (unpaired) electrons. The van der Waals surface area contributed by atoms with Gasteiger partial charge < -0.3 is 19.7 Å². The fraction of sp³-hybridized carbons (Fsp3) is 0.667. The average molecular weight is 432 g/mol. The topological polar surface area (TPSA) is 71.1 Å². The third kappa shape index (κ3) is 7.21. The maximum Gasteiger partial charge on any atom is 0.338 e. The predicted molar refractivity (Wildman–Crippen MR) is 121 cm³/mol. The van der Waals surface area contributed by atoms with Crippen LogP contribution in [-0.2, 0) is 9.47 Å². The summed E-state index contributed by atoms with van der Waals surface area (Å²) >= 11 is 0. The molecule has 0 bridgehead atoms. The van der Waals surface area contributed by atoms with Crippen molar-refractivity contribution >= 4 is 17.7 Å². The molecule has 2 saturated heterocycles. The van der Waals surface area contributed by atoms with E-state index in [1.165, 1.54) is 0 Å². The number of piperidine rings is 1. The largest absolute Gasteiger partial charge is 0.462 e. The Kier molecular flexibility index (Phi) is 8.72. The van der Waals surface area contributed by atoms with E-state index in [4.69, 9.17) is 9.47 Å². The number of benzene rings is 1. The van der Waals surface area contributed by atoms with Crippen molar-refractivity contribution in [1.29, 1.82) is 0 Å². The average Bonchev–Trinajstić information content (AvgIpc) is 2.74. The van der Waals surface area contributed by atoms with Crippen molar-refractivity contribution in [3.8, 4) is 0 Å². The van der Waals surface area contributed by atoms with Crippen molar-refractivity contribution < 1.29 is 19.1 Å². The molecule has 3 rings (SSSR count). The number of hydrogen-bond acceptors (Lipinski definition) is 5. The molecule has 7 nitrogen and oxygen atoms in total. The minimum atomic E-state index is -0.322. The Morgan fingerprint density at radius 1 is 1.10 bits per heavy atom. The van der Waals surface area contributed by atoms with Gasteiger partial charge in [-0.3, -0.25) is 4.90 Å². The number of urea groups is 1. The van der Waals surface area contributed by atoms with E-state index in [0.717, 1.165) is 58.4 Å². The van der Waals surface area contributed by atoms with Crippen molar-refractivity contribution in [3.63, 3.8) is 0 Å². The highest BCUT2D eigenvalue weighted by atomic mass is 16.5. The van der Waals surface area contributed by atoms with Gasteiger partial charge in [0.2, 0.25) is 0 Å². The van der Waals surface area contributed by atoms with Crippen LogP contribution in [0.2, 0.25) is 0 Å². The summed E-state index contributed by atoms with van der Waals surface area (Å²) in [5.41, 5.74) is 1.19. The Hall–Kier alpha value is -2.12. The minimum absolute atomic E-state index is 0.0784. The Morgan fingerprint density at radius 2 is 1.74 bits per heavy atom. The van der Waals surface area contributed by atoms with E-state index >= 15 is 0 Å². The van der Waals surface area contributed by atoms with E-state index in [0.29, 0.717) is 36.0 Å². The molecule has 2 fully saturated rings. The van der Waals surface area contributed by atoms with Crippen molar-refractivity contribution in [2.75, 3.05) is 44.6 Å². The van der Waals surface area contributed by atoms with Gasteiger partial charge in [-0.15, -0.1) is 0 Å². The van der Waals surface area contributed by atoms with E-state index in [1.807, 2.05) is 4.90 Å². The van der Waals surface area contributed by atoms with Gasteiger partial charge in [-0.1, -0.05) is 13.3 Å². The molecule has 2 amide bonds. The van der Waals surface area contributed by atoms with Gasteiger partial charge in [-0.25, -0.2) is 9.59 Å². The van der Waals surface area contributed by atoms with Gasteiger partial charge in [0.15, 0.2) is 0 Å². The highest BCUT2D eigenvalue weighted by molar-refractivity contribution is 5.92. The quantitative estimate of drug-likeness (QED) is 0.522. The molecular formula is C24H37N3O4. The Labute approximate surface area is 186 Å². The van der Waals surface area contributed by atoms with Gasteiger partial charge in [-0.2, -0.15) is 0 Å². The molecule has 2 heterocycles. The van der Waals surface area contributed by atoms with Crippen LogP contribution in [0, 0.1) is 5.92 Å². The lowest BCUT2D eigenvalue weighted by Crippen LogP contribution is -2.49. The number of unbranched alkanes of at least 4 members (excludes halogenated alkanes) is 1. The van der Waals surface area contributed by atoms with E-state index in [1.54, 1.807) is 24.3 Å². The zero-order valence-electron chi connectivity index (χ0n) is 19.1. The van der Waals surface area contributed by atoms with Crippen LogP contribution >= 0.6 is 0 Å². The molecule has 2 aliphatic rings. The van der Waals surface area contributed by atoms with Crippen LogP contribution in [0.5, 0.6) is 0 Å². The normalized spacial score (nSPS) is 22.9. The van der Waals surface area contributed by atoms with E-state index < -0.39 is 0 Å². The van der Waals surface area contributed by atoms with Crippen LogP contribution in [0.15, 0.2) is 24.3 Å². The standard InChI is InChI=1S/C24H37N3O4/c1-4-5-14-30-23(28)21-6-8-22(9-7-21)25-24(29)27-12-10-20(11-13-27)17-26-15-18(2)31-19(3)16-26/h6-9,18-20H,4-5,10-17H2,1-3H3,(H,25,29). The lowest BCUT2D eigenvalue weighted by molar-refractivity contribution is -0.0728. The van der Waals surface area contributed by atoms with Crippen LogP contribution in [0.3, 0.4) is 0 Å². The molecule has 1 N–H and O–H groups in total. The number of nitrogens with one attached hydrogen (secondary N) is 1. The first-order valence-electron chi connectivity index (χ1n) is 11.7. The first kappa shape index (κ1) is 23.5. The van der Waals surface area contributed by atoms with Gasteiger partial charge in [0.1, 0.15) is 0 Å². The minimum Gasteiger partial charge on any atom is -0.462 e. The van der Waals surface area contributed by atoms with Crippen molar-refractivity contribution in [2.45, 2.75) is 58.7 Å². The van der Waals surface area contributed by atoms with E-state index in [2.05, 4.69) is 31.0 Å². The molecule has 2 atom stereocenters. The molecule has 31 heavy (non-hydrogen) atoms. The molecule has 1 aromatic carbocycles. The van der Waals surface area contributed by atoms with Crippen LogP contribution < -0.4 is 5.32 Å². The van der Waals surface area contributed by atoms with Crippen LogP contribution in [0.25, 0.3) is 0 Å². The number of likely N-dealkylation sites (tertiary alicyclic amines) is 1. The number of morpholine rings is 1. The van der Waals surface area contributed by atoms with Crippen LogP contribution in [0.1, 0.15) is 56.8 Å². The third-order valence-corrected chi connectivity index (χ3v) is 6.02. The maximum atomic E-state index is 12.6. The predicted octanol–water partition coefficient (Wildman–Crippen LogP) is 4.00. The number of ether oxygens (including phenoxy) is 2. The van der Waals surface area contributed by atoms with Crippen molar-refractivity contribution in [3.05, 3.63) is 29.8 Å². The molecule has 2 aliphatic heterocycles. The van der Waals surface area contributed by atoms with Crippen LogP contribution in [0.4, 0.5) is 10.5 Å². The van der Waals surface area contributed by atoms with Gasteiger partial charge in [0.25, 0.3) is 0 Å². The summed E-state index contributed by atoms with van der Waals surface area (Å²) in [6.45, 7) is 11.4. The van der Waals surface area contributed by atoms with Crippen LogP contribution in [-0.4, -0.2) is 73.3 Å². The smallest absolute Gasteiger partial charge is 0.338 e. The summed E-state index contributed by atoms with van der Waals surface area (Å²) in [4.78, 5) is 29.0. The summed E-state index contributed by atoms with van der Waals surface area (Å²) in [7, 11) is 0. The number of esters is 1. The molecule has 172 valence electrons. The lowest BCUT2D eigenvalue weighted by atomic mass is 9.96. The SMILES string of the molecule is CCCCOC(=O)c1ccc(NC(=O)N2CCC(CN3CC(C)OC(C)C3)CC2)cc1. The first-order chi connectivity index (χ1) is 14.9. The number of nitrogens with zero attached hydrogens (tertiary/aromatic N) is 2. The Morgan fingerprint density at radius 3 is 2.35 bits per heavy atom. The Balaban J connectivity index is 1.41. The number of hydrogen-bond donors (Lipinski definition) is 1. The lowest BCUT2D eigenvalue weighted by Gasteiger charge is -2.39. The zero-order chi connectivity index (χ0) is 22.2. The molecule has 1 aromatic rings. The molecule has 7 heteroatoms. The van der Waals surface area contributed by atoms with Crippen molar-refractivity contribution in [1.82, 2.24) is 9.80 Å². The van der Waals surface area contributed by atoms with E-state index in [-0.39, 0.29) is 12.0 Å². The number of amides is 2. The fourth-order valence-corrected chi connectivity index (χ4v) is 4.40. The summed E-state index contributed by atoms with van der Waals surface area (Å²) in [6.07, 6.45) is 4.48. The highest BCUT2D eigenvalue weighted by Crippen LogP contribution is 2.22. The summed E-state index contributed by atoms with van der Waals surface area (Å²) in [6, 6.07) is 6.82. The summed E-state index contributed by atoms with van der Waals surface area (Å²) < 4.78 is 11.0. The molecule has 0 spiro atoms. The summed E-state index contributed by atoms with van der Waals surface area (Å²) in [5.74, 6) is 0.303. The van der Waals surface area contributed by atoms with Gasteiger partial charge >= 0.3 is 12.0 Å². The number of anilines is 1. The van der Waals surface area contributed by atoms with Gasteiger partial charge in [-0.05, 0) is 63.3 Å². The zero-order valence-corrected chi connectivity index (χ0v) is 19.1. The van der Waals surface area contributed by atoms with Crippen molar-refractivity contribution in [2.24, 2.45) is 5.92 Å². The molecule has 0 saturated carbocycles. The first-order valence-corrected chi connectivity index (χ1v) is 11.7. The Bertz CT molecular complexity index is 706. The highest BCUT2D eigenvalue weighted by Gasteiger charge is 2.28. The number of carbonyl (C=O) groups excluding carboxylic acids is 2. The monoisotopic (exact) mass is 431 g/mol. The maximum absolute atomic E-state index is 12.6. The molecule has 0 aromatic heterocycles. The summed E-state index contributed by atoms with van der Waals surface area (Å²) in [5, 5.41) is 2.95. The number of carbonyl (C=O) groups is 2.